The van der Waals surface area contributed by atoms with Gasteiger partial charge in [0.15, 0.2) is 0 Å². The lowest BCUT2D eigenvalue weighted by molar-refractivity contribution is -0.124. The molecule has 0 spiro atoms. The zero-order valence-corrected chi connectivity index (χ0v) is 21.1. The van der Waals surface area contributed by atoms with Gasteiger partial charge in [0.2, 0.25) is 13.3 Å². The van der Waals surface area contributed by atoms with Crippen LogP contribution in [0.25, 0.3) is 0 Å². The summed E-state index contributed by atoms with van der Waals surface area (Å²) in [6, 6.07) is 1.76. The molecule has 2 fully saturated rings. The van der Waals surface area contributed by atoms with E-state index in [1.807, 2.05) is 6.07 Å². The predicted molar refractivity (Wildman–Crippen MR) is 126 cm³/mol. The first-order valence-electron chi connectivity index (χ1n) is 11.3. The lowest BCUT2D eigenvalue weighted by atomic mass is 9.82. The molecule has 0 bridgehead atoms. The SMILES string of the molecule is COP1(=O)CCC(N(C(=O)C2CCC(C)CC2)c2cc(C(C)(C)C)sc2C(=O)O)CC1. The van der Waals surface area contributed by atoms with Crippen molar-refractivity contribution in [3.05, 3.63) is 15.8 Å². The van der Waals surface area contributed by atoms with Crippen LogP contribution in [0.4, 0.5) is 5.69 Å². The Balaban J connectivity index is 2.00. The molecule has 3 rings (SSSR count). The Bertz CT molecular complexity index is 854. The summed E-state index contributed by atoms with van der Waals surface area (Å²) < 4.78 is 18.0. The van der Waals surface area contributed by atoms with Crippen molar-refractivity contribution in [1.82, 2.24) is 0 Å². The summed E-state index contributed by atoms with van der Waals surface area (Å²) in [6.07, 6.45) is 5.74. The van der Waals surface area contributed by atoms with E-state index in [4.69, 9.17) is 4.52 Å². The molecule has 174 valence electrons. The van der Waals surface area contributed by atoms with Crippen LogP contribution in [0.3, 0.4) is 0 Å². The van der Waals surface area contributed by atoms with Gasteiger partial charge in [-0.25, -0.2) is 4.79 Å². The van der Waals surface area contributed by atoms with E-state index in [1.54, 1.807) is 4.90 Å². The van der Waals surface area contributed by atoms with Crippen LogP contribution in [0.5, 0.6) is 0 Å². The molecule has 1 N–H and O–H groups in total. The third kappa shape index (κ3) is 5.43. The Hall–Kier alpha value is -1.17. The van der Waals surface area contributed by atoms with Crippen LogP contribution in [-0.2, 0) is 19.3 Å². The van der Waals surface area contributed by atoms with Crippen molar-refractivity contribution in [2.24, 2.45) is 11.8 Å². The zero-order valence-electron chi connectivity index (χ0n) is 19.3. The highest BCUT2D eigenvalue weighted by Crippen LogP contribution is 2.52. The summed E-state index contributed by atoms with van der Waals surface area (Å²) in [6.45, 7) is 8.38. The number of anilines is 1. The normalized spacial score (nSPS) is 29.5. The van der Waals surface area contributed by atoms with Crippen LogP contribution in [0.1, 0.15) is 80.8 Å². The fraction of sp³-hybridized carbons (Fsp3) is 0.739. The van der Waals surface area contributed by atoms with Crippen LogP contribution in [-0.4, -0.2) is 42.5 Å². The maximum atomic E-state index is 13.8. The summed E-state index contributed by atoms with van der Waals surface area (Å²) >= 11 is 1.26. The number of carbonyl (C=O) groups is 2. The van der Waals surface area contributed by atoms with Crippen molar-refractivity contribution >= 4 is 36.3 Å². The van der Waals surface area contributed by atoms with Crippen molar-refractivity contribution in [1.29, 1.82) is 0 Å². The van der Waals surface area contributed by atoms with Crippen LogP contribution >= 0.6 is 18.7 Å². The second kappa shape index (κ2) is 9.36. The average molecular weight is 470 g/mol. The van der Waals surface area contributed by atoms with Gasteiger partial charge in [-0.2, -0.15) is 0 Å². The summed E-state index contributed by atoms with van der Waals surface area (Å²) in [4.78, 5) is 28.9. The number of carboxylic acid groups (broad SMARTS) is 1. The highest BCUT2D eigenvalue weighted by atomic mass is 32.1. The van der Waals surface area contributed by atoms with Crippen molar-refractivity contribution in [3.63, 3.8) is 0 Å². The standard InChI is InChI=1S/C23H36NO5PS/c1-15-6-8-16(9-7-15)21(25)24(17-10-12-30(28,29-5)13-11-17)18-14-19(23(2,3)4)31-20(18)22(26)27/h14-17H,6-13H2,1-5H3,(H,26,27). The first kappa shape index (κ1) is 24.5. The molecule has 0 radical (unpaired) electrons. The van der Waals surface area contributed by atoms with E-state index in [-0.39, 0.29) is 28.2 Å². The van der Waals surface area contributed by atoms with Crippen molar-refractivity contribution in [2.75, 3.05) is 24.3 Å². The fourth-order valence-electron chi connectivity index (χ4n) is 4.67. The molecule has 2 aliphatic rings. The lowest BCUT2D eigenvalue weighted by Gasteiger charge is -2.39. The molecule has 2 heterocycles. The molecule has 1 aromatic rings. The minimum Gasteiger partial charge on any atom is -0.477 e. The summed E-state index contributed by atoms with van der Waals surface area (Å²) in [5.74, 6) is -0.411. The maximum absolute atomic E-state index is 13.8. The number of amides is 1. The van der Waals surface area contributed by atoms with Crippen LogP contribution in [0.15, 0.2) is 6.07 Å². The highest BCUT2D eigenvalue weighted by molar-refractivity contribution is 7.59. The van der Waals surface area contributed by atoms with Gasteiger partial charge >= 0.3 is 5.97 Å². The van der Waals surface area contributed by atoms with Crippen LogP contribution < -0.4 is 4.90 Å². The number of hydrogen-bond donors (Lipinski definition) is 1. The number of thiophene rings is 1. The zero-order chi connectivity index (χ0) is 23.0. The van der Waals surface area contributed by atoms with E-state index in [1.165, 1.54) is 18.4 Å². The molecule has 0 unspecified atom stereocenters. The van der Waals surface area contributed by atoms with Crippen molar-refractivity contribution < 1.29 is 23.8 Å². The first-order valence-corrected chi connectivity index (χ1v) is 14.1. The number of aromatic carboxylic acids is 1. The van der Waals surface area contributed by atoms with Gasteiger partial charge in [0.05, 0.1) is 5.69 Å². The molecular formula is C23H36NO5PS. The predicted octanol–water partition coefficient (Wildman–Crippen LogP) is 5.99. The summed E-state index contributed by atoms with van der Waals surface area (Å²) in [5, 5.41) is 9.95. The van der Waals surface area contributed by atoms with Gasteiger partial charge in [-0.3, -0.25) is 9.36 Å². The summed E-state index contributed by atoms with van der Waals surface area (Å²) in [5.41, 5.74) is 0.311. The van der Waals surface area contributed by atoms with E-state index in [9.17, 15) is 19.3 Å². The van der Waals surface area contributed by atoms with Crippen LogP contribution in [0, 0.1) is 11.8 Å². The van der Waals surface area contributed by atoms with Crippen molar-refractivity contribution in [2.45, 2.75) is 77.7 Å². The molecule has 1 saturated carbocycles. The van der Waals surface area contributed by atoms with E-state index >= 15 is 0 Å². The highest BCUT2D eigenvalue weighted by Gasteiger charge is 2.40. The Morgan fingerprint density at radius 2 is 1.71 bits per heavy atom. The minimum atomic E-state index is -2.64. The molecule has 0 atom stereocenters. The molecular weight excluding hydrogens is 433 g/mol. The van der Waals surface area contributed by atoms with Gasteiger partial charge in [0.25, 0.3) is 0 Å². The fourth-order valence-corrected chi connectivity index (χ4v) is 7.69. The molecule has 1 aromatic heterocycles. The smallest absolute Gasteiger partial charge is 0.348 e. The molecule has 1 aliphatic carbocycles. The summed E-state index contributed by atoms with van der Waals surface area (Å²) in [7, 11) is -1.15. The lowest BCUT2D eigenvalue weighted by Crippen LogP contribution is -2.47. The number of carbonyl (C=O) groups excluding carboxylic acids is 1. The van der Waals surface area contributed by atoms with Crippen LogP contribution in [0.2, 0.25) is 0 Å². The number of nitrogens with zero attached hydrogens (tertiary/aromatic N) is 1. The second-order valence-corrected chi connectivity index (χ2v) is 14.2. The number of rotatable bonds is 5. The molecule has 1 saturated heterocycles. The molecule has 31 heavy (non-hydrogen) atoms. The molecule has 8 heteroatoms. The van der Waals surface area contributed by atoms with E-state index in [0.717, 1.165) is 30.6 Å². The van der Waals surface area contributed by atoms with Gasteiger partial charge in [0.1, 0.15) is 4.88 Å². The van der Waals surface area contributed by atoms with Gasteiger partial charge in [-0.05, 0) is 55.9 Å². The monoisotopic (exact) mass is 469 g/mol. The molecule has 0 aromatic carbocycles. The van der Waals surface area contributed by atoms with Crippen molar-refractivity contribution in [3.8, 4) is 0 Å². The third-order valence-electron chi connectivity index (χ3n) is 6.81. The van der Waals surface area contributed by atoms with Gasteiger partial charge < -0.3 is 14.5 Å². The van der Waals surface area contributed by atoms with Gasteiger partial charge in [-0.15, -0.1) is 11.3 Å². The maximum Gasteiger partial charge on any atom is 0.348 e. The topological polar surface area (TPSA) is 83.9 Å². The number of carboxylic acids is 1. The van der Waals surface area contributed by atoms with Gasteiger partial charge in [-0.1, -0.05) is 27.7 Å². The molecule has 1 amide bonds. The third-order valence-corrected chi connectivity index (χ3v) is 10.9. The Labute approximate surface area is 189 Å². The number of hydrogen-bond acceptors (Lipinski definition) is 5. The largest absolute Gasteiger partial charge is 0.477 e. The Morgan fingerprint density at radius 1 is 1.13 bits per heavy atom. The Kier molecular flexibility index (Phi) is 7.39. The molecule has 1 aliphatic heterocycles. The van der Waals surface area contributed by atoms with E-state index < -0.39 is 13.3 Å². The minimum absolute atomic E-state index is 0.0341. The average Bonchev–Trinajstić information content (AvgIpc) is 3.16. The van der Waals surface area contributed by atoms with E-state index in [0.29, 0.717) is 36.8 Å². The first-order chi connectivity index (χ1) is 14.4. The second-order valence-electron chi connectivity index (χ2n) is 10.2. The Morgan fingerprint density at radius 3 is 2.19 bits per heavy atom. The van der Waals surface area contributed by atoms with Gasteiger partial charge in [0, 0.05) is 36.3 Å². The quantitative estimate of drug-likeness (QED) is 0.536. The van der Waals surface area contributed by atoms with E-state index in [2.05, 4.69) is 27.7 Å². The molecule has 6 nitrogen and oxygen atoms in total.